The number of phenols is 1. The number of hydrogen-bond acceptors (Lipinski definition) is 4. The maximum atomic E-state index is 12.0. The molecule has 0 saturated carbocycles. The zero-order valence-corrected chi connectivity index (χ0v) is 11.1. The van der Waals surface area contributed by atoms with Gasteiger partial charge in [0.15, 0.2) is 0 Å². The second-order valence-corrected chi connectivity index (χ2v) is 4.71. The summed E-state index contributed by atoms with van der Waals surface area (Å²) < 4.78 is 5.27. The Morgan fingerprint density at radius 2 is 2.00 bits per heavy atom. The van der Waals surface area contributed by atoms with E-state index < -0.39 is 0 Å². The molecule has 5 nitrogen and oxygen atoms in total. The van der Waals surface area contributed by atoms with Gasteiger partial charge in [0, 0.05) is 19.6 Å². The van der Waals surface area contributed by atoms with Crippen molar-refractivity contribution in [2.24, 2.45) is 0 Å². The quantitative estimate of drug-likeness (QED) is 0.841. The Bertz CT molecular complexity index is 413. The van der Waals surface area contributed by atoms with Gasteiger partial charge in [0.1, 0.15) is 5.75 Å². The SMILES string of the molecule is CC(C(=O)NCc1ccc(O)cc1)N1CCOCC1. The first-order valence-electron chi connectivity index (χ1n) is 6.54. The summed E-state index contributed by atoms with van der Waals surface area (Å²) >= 11 is 0. The largest absolute Gasteiger partial charge is 0.508 e. The Balaban J connectivity index is 1.81. The van der Waals surface area contributed by atoms with Gasteiger partial charge in [0.25, 0.3) is 0 Å². The van der Waals surface area contributed by atoms with Gasteiger partial charge < -0.3 is 15.2 Å². The van der Waals surface area contributed by atoms with Crippen molar-refractivity contribution in [3.63, 3.8) is 0 Å². The summed E-state index contributed by atoms with van der Waals surface area (Å²) in [7, 11) is 0. The number of amides is 1. The number of ether oxygens (including phenoxy) is 1. The molecule has 0 aromatic heterocycles. The van der Waals surface area contributed by atoms with E-state index in [2.05, 4.69) is 10.2 Å². The van der Waals surface area contributed by atoms with Crippen molar-refractivity contribution in [3.8, 4) is 5.75 Å². The molecule has 1 heterocycles. The van der Waals surface area contributed by atoms with E-state index in [0.717, 1.165) is 18.7 Å². The van der Waals surface area contributed by atoms with Crippen molar-refractivity contribution in [1.82, 2.24) is 10.2 Å². The van der Waals surface area contributed by atoms with Crippen LogP contribution in [-0.2, 0) is 16.1 Å². The molecule has 1 aromatic carbocycles. The Morgan fingerprint density at radius 3 is 2.63 bits per heavy atom. The van der Waals surface area contributed by atoms with E-state index in [-0.39, 0.29) is 17.7 Å². The Hall–Kier alpha value is -1.59. The van der Waals surface area contributed by atoms with Gasteiger partial charge >= 0.3 is 0 Å². The number of nitrogens with one attached hydrogen (secondary N) is 1. The normalized spacial score (nSPS) is 17.9. The van der Waals surface area contributed by atoms with Crippen LogP contribution in [0.1, 0.15) is 12.5 Å². The lowest BCUT2D eigenvalue weighted by Gasteiger charge is -2.31. The molecule has 1 amide bonds. The van der Waals surface area contributed by atoms with Crippen molar-refractivity contribution in [1.29, 1.82) is 0 Å². The minimum Gasteiger partial charge on any atom is -0.508 e. The summed E-state index contributed by atoms with van der Waals surface area (Å²) in [6.45, 7) is 5.37. The minimum absolute atomic E-state index is 0.0231. The third-order valence-electron chi connectivity index (χ3n) is 3.38. The highest BCUT2D eigenvalue weighted by atomic mass is 16.5. The van der Waals surface area contributed by atoms with Crippen LogP contribution in [0.5, 0.6) is 5.75 Å². The summed E-state index contributed by atoms with van der Waals surface area (Å²) in [5.41, 5.74) is 0.973. The predicted octanol–water partition coefficient (Wildman–Crippen LogP) is 0.729. The zero-order chi connectivity index (χ0) is 13.7. The highest BCUT2D eigenvalue weighted by Crippen LogP contribution is 2.09. The first kappa shape index (κ1) is 13.8. The van der Waals surface area contributed by atoms with Crippen molar-refractivity contribution in [3.05, 3.63) is 29.8 Å². The van der Waals surface area contributed by atoms with Crippen LogP contribution in [-0.4, -0.2) is 48.3 Å². The third-order valence-corrected chi connectivity index (χ3v) is 3.38. The summed E-state index contributed by atoms with van der Waals surface area (Å²) in [5.74, 6) is 0.256. The standard InChI is InChI=1S/C14H20N2O3/c1-11(16-6-8-19-9-7-16)14(18)15-10-12-2-4-13(17)5-3-12/h2-5,11,17H,6-10H2,1H3,(H,15,18). The highest BCUT2D eigenvalue weighted by molar-refractivity contribution is 5.81. The van der Waals surface area contributed by atoms with E-state index in [4.69, 9.17) is 4.74 Å². The zero-order valence-electron chi connectivity index (χ0n) is 11.1. The molecular formula is C14H20N2O3. The van der Waals surface area contributed by atoms with E-state index in [1.165, 1.54) is 0 Å². The molecule has 0 bridgehead atoms. The molecule has 5 heteroatoms. The molecule has 1 aliphatic rings. The molecule has 19 heavy (non-hydrogen) atoms. The highest BCUT2D eigenvalue weighted by Gasteiger charge is 2.22. The Morgan fingerprint density at radius 1 is 1.37 bits per heavy atom. The summed E-state index contributed by atoms with van der Waals surface area (Å²) in [5, 5.41) is 12.1. The molecule has 1 unspecified atom stereocenters. The molecule has 1 atom stereocenters. The van der Waals surface area contributed by atoms with Gasteiger partial charge in [-0.25, -0.2) is 0 Å². The third kappa shape index (κ3) is 3.94. The molecule has 104 valence electrons. The van der Waals surface area contributed by atoms with E-state index >= 15 is 0 Å². The molecule has 2 N–H and O–H groups in total. The van der Waals surface area contributed by atoms with Crippen LogP contribution in [0.4, 0.5) is 0 Å². The monoisotopic (exact) mass is 264 g/mol. The van der Waals surface area contributed by atoms with Gasteiger partial charge in [-0.15, -0.1) is 0 Å². The van der Waals surface area contributed by atoms with E-state index in [0.29, 0.717) is 19.8 Å². The van der Waals surface area contributed by atoms with Crippen LogP contribution < -0.4 is 5.32 Å². The predicted molar refractivity (Wildman–Crippen MR) is 71.8 cm³/mol. The van der Waals surface area contributed by atoms with Crippen LogP contribution in [0.15, 0.2) is 24.3 Å². The van der Waals surface area contributed by atoms with Crippen LogP contribution in [0.25, 0.3) is 0 Å². The van der Waals surface area contributed by atoms with E-state index in [9.17, 15) is 9.90 Å². The topological polar surface area (TPSA) is 61.8 Å². The molecule has 1 aromatic rings. The van der Waals surface area contributed by atoms with Gasteiger partial charge in [-0.05, 0) is 24.6 Å². The number of carbonyl (C=O) groups is 1. The van der Waals surface area contributed by atoms with Crippen molar-refractivity contribution in [2.75, 3.05) is 26.3 Å². The molecule has 0 aliphatic carbocycles. The summed E-state index contributed by atoms with van der Waals surface area (Å²) in [6, 6.07) is 6.70. The number of carbonyl (C=O) groups excluding carboxylic acids is 1. The lowest BCUT2D eigenvalue weighted by molar-refractivity contribution is -0.127. The van der Waals surface area contributed by atoms with E-state index in [1.54, 1.807) is 24.3 Å². The van der Waals surface area contributed by atoms with Crippen LogP contribution in [0, 0.1) is 0 Å². The van der Waals surface area contributed by atoms with Gasteiger partial charge in [-0.1, -0.05) is 12.1 Å². The van der Waals surface area contributed by atoms with Gasteiger partial charge in [-0.2, -0.15) is 0 Å². The second-order valence-electron chi connectivity index (χ2n) is 4.71. The number of benzene rings is 1. The molecule has 1 saturated heterocycles. The summed E-state index contributed by atoms with van der Waals surface area (Å²) in [6.07, 6.45) is 0. The van der Waals surface area contributed by atoms with Crippen LogP contribution in [0.2, 0.25) is 0 Å². The average molecular weight is 264 g/mol. The number of hydrogen-bond donors (Lipinski definition) is 2. The molecule has 2 rings (SSSR count). The number of nitrogens with zero attached hydrogens (tertiary/aromatic N) is 1. The smallest absolute Gasteiger partial charge is 0.237 e. The van der Waals surface area contributed by atoms with Crippen LogP contribution in [0.3, 0.4) is 0 Å². The lowest BCUT2D eigenvalue weighted by atomic mass is 10.2. The summed E-state index contributed by atoms with van der Waals surface area (Å²) in [4.78, 5) is 14.2. The molecule has 1 fully saturated rings. The first-order valence-corrected chi connectivity index (χ1v) is 6.54. The number of phenolic OH excluding ortho intramolecular Hbond substituents is 1. The van der Waals surface area contributed by atoms with Crippen molar-refractivity contribution in [2.45, 2.75) is 19.5 Å². The second kappa shape index (κ2) is 6.54. The minimum atomic E-state index is -0.138. The molecule has 0 radical (unpaired) electrons. The Kier molecular flexibility index (Phi) is 4.76. The first-order chi connectivity index (χ1) is 9.16. The van der Waals surface area contributed by atoms with Gasteiger partial charge in [0.05, 0.1) is 19.3 Å². The Labute approximate surface area is 113 Å². The van der Waals surface area contributed by atoms with E-state index in [1.807, 2.05) is 6.92 Å². The van der Waals surface area contributed by atoms with Crippen molar-refractivity contribution >= 4 is 5.91 Å². The fourth-order valence-corrected chi connectivity index (χ4v) is 2.08. The average Bonchev–Trinajstić information content (AvgIpc) is 2.46. The van der Waals surface area contributed by atoms with Crippen molar-refractivity contribution < 1.29 is 14.6 Å². The van der Waals surface area contributed by atoms with Crippen LogP contribution >= 0.6 is 0 Å². The van der Waals surface area contributed by atoms with Gasteiger partial charge in [-0.3, -0.25) is 9.69 Å². The number of aromatic hydroxyl groups is 1. The molecule has 1 aliphatic heterocycles. The fourth-order valence-electron chi connectivity index (χ4n) is 2.08. The lowest BCUT2D eigenvalue weighted by Crippen LogP contribution is -2.49. The fraction of sp³-hybridized carbons (Fsp3) is 0.500. The number of rotatable bonds is 4. The number of morpholine rings is 1. The molecule has 0 spiro atoms. The molecular weight excluding hydrogens is 244 g/mol. The van der Waals surface area contributed by atoms with Gasteiger partial charge in [0.2, 0.25) is 5.91 Å². The maximum Gasteiger partial charge on any atom is 0.237 e. The maximum absolute atomic E-state index is 12.0.